The van der Waals surface area contributed by atoms with Gasteiger partial charge in [0.1, 0.15) is 11.9 Å². The predicted molar refractivity (Wildman–Crippen MR) is 109 cm³/mol. The molecule has 1 heterocycles. The average Bonchev–Trinajstić information content (AvgIpc) is 3.25. The van der Waals surface area contributed by atoms with Gasteiger partial charge in [0.05, 0.1) is 12.5 Å². The molecule has 2 atom stereocenters. The number of halogens is 1. The van der Waals surface area contributed by atoms with Crippen molar-refractivity contribution in [1.29, 1.82) is 0 Å². The molecule has 2 amide bonds. The molecule has 0 saturated carbocycles. The van der Waals surface area contributed by atoms with Crippen molar-refractivity contribution in [3.05, 3.63) is 71.5 Å². The van der Waals surface area contributed by atoms with Crippen molar-refractivity contribution in [1.82, 2.24) is 10.2 Å². The summed E-state index contributed by atoms with van der Waals surface area (Å²) in [6, 6.07) is 14.8. The molecule has 29 heavy (non-hydrogen) atoms. The second-order valence-electron chi connectivity index (χ2n) is 7.37. The number of hydrogen-bond donors (Lipinski definition) is 1. The molecule has 6 heteroatoms. The Morgan fingerprint density at radius 3 is 2.52 bits per heavy atom. The SMILES string of the molecule is C[C@@H](C(=O)NC[C@H]1CCCO1)N(Cc1ccc(F)cc1)C(=O)Cc1ccccc1. The van der Waals surface area contributed by atoms with Gasteiger partial charge in [0, 0.05) is 19.7 Å². The molecule has 0 aromatic heterocycles. The van der Waals surface area contributed by atoms with Gasteiger partial charge in [-0.15, -0.1) is 0 Å². The maximum atomic E-state index is 13.2. The van der Waals surface area contributed by atoms with Crippen LogP contribution in [0.3, 0.4) is 0 Å². The maximum Gasteiger partial charge on any atom is 0.242 e. The summed E-state index contributed by atoms with van der Waals surface area (Å²) in [7, 11) is 0. The Morgan fingerprint density at radius 2 is 1.86 bits per heavy atom. The number of nitrogens with zero attached hydrogens (tertiary/aromatic N) is 1. The Bertz CT molecular complexity index is 805. The van der Waals surface area contributed by atoms with Crippen molar-refractivity contribution in [3.63, 3.8) is 0 Å². The smallest absolute Gasteiger partial charge is 0.242 e. The van der Waals surface area contributed by atoms with Crippen molar-refractivity contribution in [2.24, 2.45) is 0 Å². The van der Waals surface area contributed by atoms with Crippen LogP contribution in [0.1, 0.15) is 30.9 Å². The molecule has 1 fully saturated rings. The monoisotopic (exact) mass is 398 g/mol. The first-order valence-electron chi connectivity index (χ1n) is 10.00. The summed E-state index contributed by atoms with van der Waals surface area (Å²) in [6.07, 6.45) is 2.17. The number of carbonyl (C=O) groups is 2. The second-order valence-corrected chi connectivity index (χ2v) is 7.37. The Balaban J connectivity index is 1.70. The Labute approximate surface area is 170 Å². The van der Waals surface area contributed by atoms with E-state index in [1.165, 1.54) is 12.1 Å². The molecule has 1 aliphatic heterocycles. The zero-order chi connectivity index (χ0) is 20.6. The lowest BCUT2D eigenvalue weighted by molar-refractivity contribution is -0.140. The van der Waals surface area contributed by atoms with Crippen molar-refractivity contribution in [2.45, 2.75) is 44.9 Å². The molecule has 1 aliphatic rings. The van der Waals surface area contributed by atoms with Crippen LogP contribution in [0.15, 0.2) is 54.6 Å². The normalized spacial score (nSPS) is 17.0. The van der Waals surface area contributed by atoms with Crippen LogP contribution in [0.5, 0.6) is 0 Å². The lowest BCUT2D eigenvalue weighted by Gasteiger charge is -2.29. The van der Waals surface area contributed by atoms with Crippen LogP contribution in [0, 0.1) is 5.82 Å². The van der Waals surface area contributed by atoms with E-state index in [0.29, 0.717) is 6.54 Å². The highest BCUT2D eigenvalue weighted by molar-refractivity contribution is 5.88. The molecule has 0 unspecified atom stereocenters. The average molecular weight is 398 g/mol. The fraction of sp³-hybridized carbons (Fsp3) is 0.391. The number of carbonyl (C=O) groups excluding carboxylic acids is 2. The van der Waals surface area contributed by atoms with Crippen LogP contribution in [-0.2, 0) is 27.3 Å². The molecule has 3 rings (SSSR count). The summed E-state index contributed by atoms with van der Waals surface area (Å²) >= 11 is 0. The summed E-state index contributed by atoms with van der Waals surface area (Å²) in [6.45, 7) is 3.13. The minimum absolute atomic E-state index is 0.0386. The summed E-state index contributed by atoms with van der Waals surface area (Å²) in [5.41, 5.74) is 1.65. The van der Waals surface area contributed by atoms with Gasteiger partial charge < -0.3 is 15.0 Å². The molecule has 0 aliphatic carbocycles. The molecule has 0 bridgehead atoms. The van der Waals surface area contributed by atoms with Crippen LogP contribution in [0.25, 0.3) is 0 Å². The highest BCUT2D eigenvalue weighted by Crippen LogP contribution is 2.14. The van der Waals surface area contributed by atoms with Gasteiger partial charge in [0.25, 0.3) is 0 Å². The summed E-state index contributed by atoms with van der Waals surface area (Å²) in [4.78, 5) is 27.3. The van der Waals surface area contributed by atoms with Crippen LogP contribution in [0.4, 0.5) is 4.39 Å². The number of benzene rings is 2. The van der Waals surface area contributed by atoms with E-state index in [9.17, 15) is 14.0 Å². The molecule has 2 aromatic rings. The highest BCUT2D eigenvalue weighted by Gasteiger charge is 2.27. The summed E-state index contributed by atoms with van der Waals surface area (Å²) < 4.78 is 18.8. The highest BCUT2D eigenvalue weighted by atomic mass is 19.1. The molecular formula is C23H27FN2O3. The van der Waals surface area contributed by atoms with Gasteiger partial charge in [-0.25, -0.2) is 4.39 Å². The van der Waals surface area contributed by atoms with Gasteiger partial charge in [-0.05, 0) is 43.0 Å². The van der Waals surface area contributed by atoms with E-state index in [1.807, 2.05) is 30.3 Å². The van der Waals surface area contributed by atoms with E-state index in [4.69, 9.17) is 4.74 Å². The molecule has 2 aromatic carbocycles. The zero-order valence-corrected chi connectivity index (χ0v) is 16.6. The number of hydrogen-bond acceptors (Lipinski definition) is 3. The van der Waals surface area contributed by atoms with Gasteiger partial charge >= 0.3 is 0 Å². The van der Waals surface area contributed by atoms with Gasteiger partial charge in [0.15, 0.2) is 0 Å². The quantitative estimate of drug-likeness (QED) is 0.744. The first-order chi connectivity index (χ1) is 14.0. The first-order valence-corrected chi connectivity index (χ1v) is 10.00. The molecule has 1 N–H and O–H groups in total. The van der Waals surface area contributed by atoms with Crippen LogP contribution >= 0.6 is 0 Å². The molecule has 0 radical (unpaired) electrons. The van der Waals surface area contributed by atoms with E-state index in [1.54, 1.807) is 24.0 Å². The number of nitrogens with one attached hydrogen (secondary N) is 1. The topological polar surface area (TPSA) is 58.6 Å². The van der Waals surface area contributed by atoms with Crippen molar-refractivity contribution >= 4 is 11.8 Å². The largest absolute Gasteiger partial charge is 0.376 e. The van der Waals surface area contributed by atoms with Crippen molar-refractivity contribution in [2.75, 3.05) is 13.2 Å². The molecule has 154 valence electrons. The lowest BCUT2D eigenvalue weighted by atomic mass is 10.1. The lowest BCUT2D eigenvalue weighted by Crippen LogP contribution is -2.49. The van der Waals surface area contributed by atoms with Crippen molar-refractivity contribution in [3.8, 4) is 0 Å². The summed E-state index contributed by atoms with van der Waals surface area (Å²) in [5, 5.41) is 2.90. The van der Waals surface area contributed by atoms with Gasteiger partial charge in [0.2, 0.25) is 11.8 Å². The van der Waals surface area contributed by atoms with E-state index < -0.39 is 6.04 Å². The van der Waals surface area contributed by atoms with E-state index in [2.05, 4.69) is 5.32 Å². The van der Waals surface area contributed by atoms with Crippen molar-refractivity contribution < 1.29 is 18.7 Å². The predicted octanol–water partition coefficient (Wildman–Crippen LogP) is 3.08. The van der Waals surface area contributed by atoms with Crippen LogP contribution in [0.2, 0.25) is 0 Å². The number of rotatable bonds is 8. The van der Waals surface area contributed by atoms with Crippen LogP contribution < -0.4 is 5.32 Å². The fourth-order valence-electron chi connectivity index (χ4n) is 3.41. The second kappa shape index (κ2) is 10.2. The van der Waals surface area contributed by atoms with Crippen LogP contribution in [-0.4, -0.2) is 42.0 Å². The molecule has 0 spiro atoms. The van der Waals surface area contributed by atoms with Gasteiger partial charge in [-0.3, -0.25) is 9.59 Å². The van der Waals surface area contributed by atoms with E-state index in [0.717, 1.165) is 30.6 Å². The van der Waals surface area contributed by atoms with Gasteiger partial charge in [-0.1, -0.05) is 42.5 Å². The number of ether oxygens (including phenoxy) is 1. The standard InChI is InChI=1S/C23H27FN2O3/c1-17(23(28)25-15-21-8-5-13-29-21)26(16-19-9-11-20(24)12-10-19)22(27)14-18-6-3-2-4-7-18/h2-4,6-7,9-12,17,21H,5,8,13-16H2,1H3,(H,25,28)/t17-,21+/m0/s1. The Morgan fingerprint density at radius 1 is 1.14 bits per heavy atom. The molecule has 5 nitrogen and oxygen atoms in total. The molecule has 1 saturated heterocycles. The Hall–Kier alpha value is -2.73. The number of amides is 2. The third-order valence-corrected chi connectivity index (χ3v) is 5.16. The zero-order valence-electron chi connectivity index (χ0n) is 16.6. The minimum Gasteiger partial charge on any atom is -0.376 e. The third kappa shape index (κ3) is 6.12. The fourth-order valence-corrected chi connectivity index (χ4v) is 3.41. The Kier molecular flexibility index (Phi) is 7.36. The third-order valence-electron chi connectivity index (χ3n) is 5.16. The van der Waals surface area contributed by atoms with Gasteiger partial charge in [-0.2, -0.15) is 0 Å². The molecular weight excluding hydrogens is 371 g/mol. The minimum atomic E-state index is -0.655. The first kappa shape index (κ1) is 21.0. The van der Waals surface area contributed by atoms with E-state index in [-0.39, 0.29) is 36.7 Å². The van der Waals surface area contributed by atoms with E-state index >= 15 is 0 Å². The maximum absolute atomic E-state index is 13.2. The summed E-state index contributed by atoms with van der Waals surface area (Å²) in [5.74, 6) is -0.706.